The molecule has 0 aliphatic carbocycles. The zero-order valence-electron chi connectivity index (χ0n) is 21.1. The van der Waals surface area contributed by atoms with Crippen molar-refractivity contribution < 1.29 is 24.2 Å². The number of aromatic nitrogens is 1. The topological polar surface area (TPSA) is 96.8 Å². The molecule has 1 saturated heterocycles. The van der Waals surface area contributed by atoms with Gasteiger partial charge in [-0.05, 0) is 54.4 Å². The molecule has 0 bridgehead atoms. The zero-order valence-corrected chi connectivity index (χ0v) is 22.6. The van der Waals surface area contributed by atoms with Gasteiger partial charge in [0, 0.05) is 17.5 Å². The Morgan fingerprint density at radius 1 is 1.05 bits per heavy atom. The van der Waals surface area contributed by atoms with E-state index in [1.807, 2.05) is 30.3 Å². The number of halogens is 1. The molecule has 0 spiro atoms. The number of carbonyl (C=O) groups is 3. The molecule has 1 aromatic heterocycles. The maximum absolute atomic E-state index is 13.4. The number of aliphatic hydroxyl groups excluding tert-OH is 1. The zero-order chi connectivity index (χ0) is 27.7. The van der Waals surface area contributed by atoms with Crippen LogP contribution in [0.15, 0.2) is 84.4 Å². The van der Waals surface area contributed by atoms with Gasteiger partial charge in [-0.25, -0.2) is 4.98 Å². The Balaban J connectivity index is 1.63. The Morgan fingerprint density at radius 3 is 2.44 bits per heavy atom. The van der Waals surface area contributed by atoms with Crippen molar-refractivity contribution in [2.24, 2.45) is 0 Å². The molecule has 2 heterocycles. The summed E-state index contributed by atoms with van der Waals surface area (Å²) in [6.45, 7) is 3.42. The molecule has 1 atom stereocenters. The van der Waals surface area contributed by atoms with E-state index in [1.165, 1.54) is 11.8 Å². The Labute approximate surface area is 234 Å². The average Bonchev–Trinajstić information content (AvgIpc) is 3.45. The number of Topliss-reactive ketones (excluding diaryl/α,β-unsaturated/α-hetero) is 2. The number of nitrogens with zero attached hydrogens (tertiary/aromatic N) is 2. The molecule has 39 heavy (non-hydrogen) atoms. The monoisotopic (exact) mass is 558 g/mol. The summed E-state index contributed by atoms with van der Waals surface area (Å²) in [6, 6.07) is 22.0. The van der Waals surface area contributed by atoms with Gasteiger partial charge in [0.15, 0.2) is 10.9 Å². The fourth-order valence-electron chi connectivity index (χ4n) is 4.44. The summed E-state index contributed by atoms with van der Waals surface area (Å²) in [5.74, 6) is -1.72. The number of ether oxygens (including phenoxy) is 1. The molecule has 1 fully saturated rings. The van der Waals surface area contributed by atoms with Gasteiger partial charge in [-0.2, -0.15) is 0 Å². The van der Waals surface area contributed by atoms with Gasteiger partial charge in [0.2, 0.25) is 0 Å². The van der Waals surface area contributed by atoms with Crippen LogP contribution in [0.2, 0.25) is 5.02 Å². The Kier molecular flexibility index (Phi) is 7.32. The number of hydrogen-bond acceptors (Lipinski definition) is 7. The van der Waals surface area contributed by atoms with Gasteiger partial charge in [-0.1, -0.05) is 65.4 Å². The third kappa shape index (κ3) is 5.21. The minimum Gasteiger partial charge on any atom is -0.507 e. The Hall–Kier alpha value is -4.27. The van der Waals surface area contributed by atoms with Gasteiger partial charge in [0.25, 0.3) is 5.78 Å². The van der Waals surface area contributed by atoms with Crippen molar-refractivity contribution in [1.82, 2.24) is 4.98 Å². The molecular formula is C30H23ClN2O5S. The van der Waals surface area contributed by atoms with Crippen LogP contribution in [0.1, 0.15) is 45.0 Å². The molecular weight excluding hydrogens is 536 g/mol. The van der Waals surface area contributed by atoms with E-state index in [0.717, 1.165) is 16.9 Å². The van der Waals surface area contributed by atoms with Crippen molar-refractivity contribution >= 4 is 51.3 Å². The molecule has 3 aromatic carbocycles. The van der Waals surface area contributed by atoms with E-state index in [2.05, 4.69) is 4.98 Å². The first-order valence-corrected chi connectivity index (χ1v) is 13.3. The third-order valence-corrected chi connectivity index (χ3v) is 7.80. The molecule has 1 amide bonds. The van der Waals surface area contributed by atoms with Crippen LogP contribution in [0.3, 0.4) is 0 Å². The summed E-state index contributed by atoms with van der Waals surface area (Å²) in [4.78, 5) is 45.1. The molecule has 5 rings (SSSR count). The van der Waals surface area contributed by atoms with Crippen molar-refractivity contribution in [2.45, 2.75) is 26.5 Å². The van der Waals surface area contributed by atoms with Gasteiger partial charge < -0.3 is 9.84 Å². The van der Waals surface area contributed by atoms with E-state index < -0.39 is 17.7 Å². The number of aliphatic hydroxyl groups is 1. The molecule has 196 valence electrons. The highest BCUT2D eigenvalue weighted by Gasteiger charge is 2.48. The second-order valence-corrected chi connectivity index (χ2v) is 10.4. The van der Waals surface area contributed by atoms with Gasteiger partial charge >= 0.3 is 5.91 Å². The number of rotatable bonds is 7. The maximum Gasteiger partial charge on any atom is 0.301 e. The highest BCUT2D eigenvalue weighted by Crippen LogP contribution is 2.44. The van der Waals surface area contributed by atoms with Crippen LogP contribution in [-0.4, -0.2) is 27.6 Å². The lowest BCUT2D eigenvalue weighted by atomic mass is 9.95. The molecule has 4 aromatic rings. The number of thiazole rings is 1. The molecule has 7 nitrogen and oxygen atoms in total. The van der Waals surface area contributed by atoms with Gasteiger partial charge in [-0.15, -0.1) is 0 Å². The van der Waals surface area contributed by atoms with E-state index in [-0.39, 0.29) is 22.2 Å². The quantitative estimate of drug-likeness (QED) is 0.120. The fraction of sp³-hybridized carbons (Fsp3) is 0.133. The molecule has 1 aliphatic heterocycles. The summed E-state index contributed by atoms with van der Waals surface area (Å²) in [6.07, 6.45) is 0. The predicted octanol–water partition coefficient (Wildman–Crippen LogP) is 6.51. The van der Waals surface area contributed by atoms with Gasteiger partial charge in [-0.3, -0.25) is 19.3 Å². The number of aryl methyl sites for hydroxylation is 1. The van der Waals surface area contributed by atoms with Crippen LogP contribution in [0.25, 0.3) is 5.76 Å². The Morgan fingerprint density at radius 2 is 1.77 bits per heavy atom. The van der Waals surface area contributed by atoms with Gasteiger partial charge in [0.05, 0.1) is 22.2 Å². The number of amides is 1. The summed E-state index contributed by atoms with van der Waals surface area (Å²) < 4.78 is 6.00. The van der Waals surface area contributed by atoms with Crippen LogP contribution in [0.5, 0.6) is 5.75 Å². The van der Waals surface area contributed by atoms with Crippen LogP contribution in [0, 0.1) is 6.92 Å². The number of ketones is 2. The lowest BCUT2D eigenvalue weighted by Gasteiger charge is -2.23. The predicted molar refractivity (Wildman–Crippen MR) is 150 cm³/mol. The summed E-state index contributed by atoms with van der Waals surface area (Å²) in [5.41, 5.74) is 2.21. The summed E-state index contributed by atoms with van der Waals surface area (Å²) >= 11 is 7.05. The SMILES string of the molecule is CC(=O)c1sc(N2C(=O)C(=O)C(=C(O)c3ccc(Cl)cc3)C2c2cccc(OCc3ccccc3)c2)nc1C. The van der Waals surface area contributed by atoms with Crippen LogP contribution < -0.4 is 9.64 Å². The Bertz CT molecular complexity index is 1610. The van der Waals surface area contributed by atoms with E-state index in [4.69, 9.17) is 16.3 Å². The van der Waals surface area contributed by atoms with E-state index in [1.54, 1.807) is 55.5 Å². The standard InChI is InChI=1S/C30H23ClN2O5S/c1-17-28(18(2)34)39-30(32-17)33-25(21-9-6-10-23(15-21)38-16-19-7-4-3-5-8-19)24(27(36)29(33)37)26(35)20-11-13-22(31)14-12-20/h3-15,25,35H,16H2,1-2H3. The smallest absolute Gasteiger partial charge is 0.301 e. The normalized spacial score (nSPS) is 16.5. The summed E-state index contributed by atoms with van der Waals surface area (Å²) in [5, 5.41) is 11.9. The van der Waals surface area contributed by atoms with Gasteiger partial charge in [0.1, 0.15) is 18.1 Å². The molecule has 0 saturated carbocycles. The first-order chi connectivity index (χ1) is 18.7. The highest BCUT2D eigenvalue weighted by atomic mass is 35.5. The summed E-state index contributed by atoms with van der Waals surface area (Å²) in [7, 11) is 0. The number of anilines is 1. The maximum atomic E-state index is 13.4. The molecule has 1 N–H and O–H groups in total. The number of carbonyl (C=O) groups excluding carboxylic acids is 3. The lowest BCUT2D eigenvalue weighted by molar-refractivity contribution is -0.132. The van der Waals surface area contributed by atoms with Crippen LogP contribution in [-0.2, 0) is 16.2 Å². The second-order valence-electron chi connectivity index (χ2n) is 8.99. The van der Waals surface area contributed by atoms with Crippen molar-refractivity contribution in [3.63, 3.8) is 0 Å². The minimum absolute atomic E-state index is 0.0974. The van der Waals surface area contributed by atoms with Crippen molar-refractivity contribution in [3.8, 4) is 5.75 Å². The van der Waals surface area contributed by atoms with Crippen LogP contribution >= 0.6 is 22.9 Å². The lowest BCUT2D eigenvalue weighted by Crippen LogP contribution is -2.29. The van der Waals surface area contributed by atoms with E-state index in [9.17, 15) is 19.5 Å². The average molecular weight is 559 g/mol. The largest absolute Gasteiger partial charge is 0.507 e. The third-order valence-electron chi connectivity index (χ3n) is 6.30. The van der Waals surface area contributed by atoms with Crippen molar-refractivity contribution in [2.75, 3.05) is 4.90 Å². The highest BCUT2D eigenvalue weighted by molar-refractivity contribution is 7.18. The van der Waals surface area contributed by atoms with E-state index >= 15 is 0 Å². The number of benzene rings is 3. The second kappa shape index (κ2) is 10.8. The first kappa shape index (κ1) is 26.3. The first-order valence-electron chi connectivity index (χ1n) is 12.1. The van der Waals surface area contributed by atoms with Crippen LogP contribution in [0.4, 0.5) is 5.13 Å². The molecule has 0 radical (unpaired) electrons. The van der Waals surface area contributed by atoms with Crippen molar-refractivity contribution in [1.29, 1.82) is 0 Å². The molecule has 9 heteroatoms. The fourth-order valence-corrected chi connectivity index (χ4v) is 5.55. The number of hydrogen-bond donors (Lipinski definition) is 1. The minimum atomic E-state index is -1.01. The van der Waals surface area contributed by atoms with Crippen molar-refractivity contribution in [3.05, 3.63) is 117 Å². The molecule has 1 unspecified atom stereocenters. The molecule has 1 aliphatic rings. The van der Waals surface area contributed by atoms with E-state index in [0.29, 0.717) is 39.1 Å².